The van der Waals surface area contributed by atoms with Gasteiger partial charge >= 0.3 is 11.9 Å². The van der Waals surface area contributed by atoms with Gasteiger partial charge in [0.15, 0.2) is 6.29 Å². The van der Waals surface area contributed by atoms with E-state index in [0.29, 0.717) is 32.4 Å². The minimum absolute atomic E-state index is 0.00786. The van der Waals surface area contributed by atoms with Gasteiger partial charge in [0.2, 0.25) is 5.91 Å². The lowest BCUT2D eigenvalue weighted by Gasteiger charge is -2.38. The summed E-state index contributed by atoms with van der Waals surface area (Å²) in [6, 6.07) is 23.8. The van der Waals surface area contributed by atoms with Crippen LogP contribution < -0.4 is 5.32 Å². The maximum Gasteiger partial charge on any atom is 0.323 e. The molecular weight excluding hydrogens is 660 g/mol. The molecule has 2 saturated heterocycles. The van der Waals surface area contributed by atoms with E-state index in [1.807, 2.05) is 75.4 Å². The van der Waals surface area contributed by atoms with Gasteiger partial charge in [-0.2, -0.15) is 0 Å². The van der Waals surface area contributed by atoms with E-state index in [2.05, 4.69) is 28.4 Å². The zero-order valence-electron chi connectivity index (χ0n) is 30.7. The molecule has 0 aliphatic carbocycles. The lowest BCUT2D eigenvalue weighted by molar-refractivity contribution is -0.253. The van der Waals surface area contributed by atoms with Crippen molar-refractivity contribution in [2.75, 3.05) is 13.1 Å². The smallest absolute Gasteiger partial charge is 0.323 e. The van der Waals surface area contributed by atoms with E-state index in [9.17, 15) is 19.5 Å². The molecule has 280 valence electrons. The Morgan fingerprint density at radius 2 is 1.58 bits per heavy atom. The van der Waals surface area contributed by atoms with Gasteiger partial charge in [0.05, 0.1) is 18.8 Å². The Hall–Kier alpha value is -4.09. The number of aliphatic hydroxyl groups excluding tert-OH is 1. The van der Waals surface area contributed by atoms with E-state index in [1.54, 1.807) is 0 Å². The van der Waals surface area contributed by atoms with Crippen LogP contribution in [0, 0.1) is 0 Å². The van der Waals surface area contributed by atoms with Gasteiger partial charge in [0, 0.05) is 37.9 Å². The number of aliphatic carboxylic acids is 1. The summed E-state index contributed by atoms with van der Waals surface area (Å²) in [6.45, 7) is 7.48. The van der Waals surface area contributed by atoms with Gasteiger partial charge in [-0.15, -0.1) is 0 Å². The average molecular weight is 715 g/mol. The van der Waals surface area contributed by atoms with Crippen LogP contribution in [0.15, 0.2) is 72.8 Å². The van der Waals surface area contributed by atoms with E-state index in [-0.39, 0.29) is 43.2 Å². The number of ether oxygens (including phenoxy) is 3. The topological polar surface area (TPSA) is 135 Å². The minimum Gasteiger partial charge on any atom is -0.481 e. The Morgan fingerprint density at radius 1 is 0.865 bits per heavy atom. The van der Waals surface area contributed by atoms with Crippen LogP contribution in [0.2, 0.25) is 0 Å². The summed E-state index contributed by atoms with van der Waals surface area (Å²) in [7, 11) is 0. The van der Waals surface area contributed by atoms with E-state index in [0.717, 1.165) is 72.0 Å². The number of hydrogen-bond donors (Lipinski definition) is 3. The molecule has 3 aromatic carbocycles. The fraction of sp³-hybridized carbons (Fsp3) is 0.500. The first-order chi connectivity index (χ1) is 25.0. The molecule has 0 spiro atoms. The molecule has 1 amide bonds. The van der Waals surface area contributed by atoms with Gasteiger partial charge in [-0.3, -0.25) is 19.3 Å². The van der Waals surface area contributed by atoms with Crippen molar-refractivity contribution in [2.45, 2.75) is 122 Å². The second-order valence-electron chi connectivity index (χ2n) is 14.9. The molecule has 0 saturated carbocycles. The fourth-order valence-corrected chi connectivity index (χ4v) is 6.87. The summed E-state index contributed by atoms with van der Waals surface area (Å²) in [6.07, 6.45) is 4.93. The number of amides is 1. The first-order valence-electron chi connectivity index (χ1n) is 18.6. The highest BCUT2D eigenvalue weighted by Gasteiger charge is 2.39. The normalized spacial score (nSPS) is 20.8. The van der Waals surface area contributed by atoms with Crippen molar-refractivity contribution in [3.8, 4) is 11.1 Å². The van der Waals surface area contributed by atoms with Crippen LogP contribution in [-0.4, -0.2) is 63.8 Å². The number of hydrogen-bond acceptors (Lipinski definition) is 8. The molecule has 4 unspecified atom stereocenters. The zero-order valence-corrected chi connectivity index (χ0v) is 30.7. The average Bonchev–Trinajstić information content (AvgIpc) is 3.60. The summed E-state index contributed by atoms with van der Waals surface area (Å²) in [4.78, 5) is 38.3. The number of benzene rings is 3. The maximum atomic E-state index is 13.1. The number of carbonyl (C=O) groups is 3. The van der Waals surface area contributed by atoms with Crippen LogP contribution in [-0.2, 0) is 41.7 Å². The number of nitrogens with one attached hydrogen (secondary N) is 1. The maximum absolute atomic E-state index is 13.1. The first kappa shape index (κ1) is 39.1. The monoisotopic (exact) mass is 714 g/mol. The highest BCUT2D eigenvalue weighted by molar-refractivity contribution is 5.77. The molecule has 4 atom stereocenters. The molecule has 2 aliphatic heterocycles. The highest BCUT2D eigenvalue weighted by Crippen LogP contribution is 2.39. The van der Waals surface area contributed by atoms with Crippen LogP contribution >= 0.6 is 0 Å². The highest BCUT2D eigenvalue weighted by atomic mass is 16.7. The first-order valence-corrected chi connectivity index (χ1v) is 18.6. The Balaban J connectivity index is 1.23. The number of nitrogens with zero attached hydrogens (tertiary/aromatic N) is 1. The number of aliphatic hydroxyl groups is 1. The van der Waals surface area contributed by atoms with Gasteiger partial charge in [-0.1, -0.05) is 79.6 Å². The second kappa shape index (κ2) is 18.6. The van der Waals surface area contributed by atoms with Gasteiger partial charge in [-0.25, -0.2) is 0 Å². The van der Waals surface area contributed by atoms with Crippen molar-refractivity contribution < 1.29 is 38.8 Å². The molecule has 5 rings (SSSR count). The number of likely N-dealkylation sites (tertiary alicyclic amines) is 1. The SMILES string of the molecule is CC(C)(C)OC(=O)C1CCCN1CC1CC(c2ccc(CO)cc2)OC(c2ccc(-c3cccc(CNC(=O)CCCCCCC(=O)O)c3)cc2)O1. The molecule has 10 nitrogen and oxygen atoms in total. The number of rotatable bonds is 16. The zero-order chi connectivity index (χ0) is 37.1. The third kappa shape index (κ3) is 11.7. The number of unbranched alkanes of at least 4 members (excludes halogenated alkanes) is 3. The Labute approximate surface area is 307 Å². The van der Waals surface area contributed by atoms with Crippen LogP contribution in [0.1, 0.15) is 113 Å². The molecule has 2 fully saturated rings. The number of carboxylic acids is 1. The van der Waals surface area contributed by atoms with Crippen LogP contribution in [0.4, 0.5) is 0 Å². The molecule has 52 heavy (non-hydrogen) atoms. The number of esters is 1. The molecule has 2 heterocycles. The summed E-state index contributed by atoms with van der Waals surface area (Å²) < 4.78 is 19.0. The molecule has 0 bridgehead atoms. The van der Waals surface area contributed by atoms with E-state index < -0.39 is 17.9 Å². The van der Waals surface area contributed by atoms with Crippen LogP contribution in [0.25, 0.3) is 11.1 Å². The largest absolute Gasteiger partial charge is 0.481 e. The molecule has 0 radical (unpaired) electrons. The van der Waals surface area contributed by atoms with Crippen LogP contribution in [0.5, 0.6) is 0 Å². The van der Waals surface area contributed by atoms with Crippen molar-refractivity contribution in [3.05, 3.63) is 95.1 Å². The van der Waals surface area contributed by atoms with E-state index in [1.165, 1.54) is 0 Å². The predicted molar refractivity (Wildman–Crippen MR) is 198 cm³/mol. The second-order valence-corrected chi connectivity index (χ2v) is 14.9. The number of carbonyl (C=O) groups excluding carboxylic acids is 2. The van der Waals surface area contributed by atoms with Crippen molar-refractivity contribution in [1.29, 1.82) is 0 Å². The number of carboxylic acid groups (broad SMARTS) is 1. The standard InChI is InChI=1S/C42H54N2O8/c1-42(2,3)52-40(49)36-12-9-23-44(36)27-35-25-37(32-17-15-29(28-45)16-18-32)51-41(50-35)33-21-19-31(20-22-33)34-11-8-10-30(24-34)26-43-38(46)13-6-4-5-7-14-39(47)48/h8,10-11,15-22,24,35-37,41,45H,4-7,9,12-14,23,25-28H2,1-3H3,(H,43,46)(H,47,48). The minimum atomic E-state index is -0.780. The van der Waals surface area contributed by atoms with Gasteiger partial charge in [0.1, 0.15) is 11.6 Å². The Bertz CT molecular complexity index is 1620. The van der Waals surface area contributed by atoms with E-state index in [4.69, 9.17) is 19.3 Å². The van der Waals surface area contributed by atoms with Crippen LogP contribution in [0.3, 0.4) is 0 Å². The van der Waals surface area contributed by atoms with Crippen molar-refractivity contribution >= 4 is 17.8 Å². The molecule has 0 aromatic heterocycles. The lowest BCUT2D eigenvalue weighted by atomic mass is 9.98. The molecule has 3 aromatic rings. The van der Waals surface area contributed by atoms with Crippen molar-refractivity contribution in [1.82, 2.24) is 10.2 Å². The Morgan fingerprint density at radius 3 is 2.27 bits per heavy atom. The third-order valence-electron chi connectivity index (χ3n) is 9.57. The van der Waals surface area contributed by atoms with E-state index >= 15 is 0 Å². The molecular formula is C42H54N2O8. The third-order valence-corrected chi connectivity index (χ3v) is 9.57. The van der Waals surface area contributed by atoms with Gasteiger partial charge in [-0.05, 0) is 86.9 Å². The molecule has 10 heteroatoms. The summed E-state index contributed by atoms with van der Waals surface area (Å²) in [5.74, 6) is -0.974. The molecule has 3 N–H and O–H groups in total. The summed E-state index contributed by atoms with van der Waals surface area (Å²) >= 11 is 0. The summed E-state index contributed by atoms with van der Waals surface area (Å²) in [5.41, 5.74) is 5.25. The molecule has 2 aliphatic rings. The fourth-order valence-electron chi connectivity index (χ4n) is 6.87. The predicted octanol–water partition coefficient (Wildman–Crippen LogP) is 7.24. The lowest BCUT2D eigenvalue weighted by Crippen LogP contribution is -2.45. The quantitative estimate of drug-likeness (QED) is 0.104. The summed E-state index contributed by atoms with van der Waals surface area (Å²) in [5, 5.41) is 21.3. The van der Waals surface area contributed by atoms with Gasteiger partial charge < -0.3 is 29.7 Å². The van der Waals surface area contributed by atoms with Gasteiger partial charge in [0.25, 0.3) is 0 Å². The van der Waals surface area contributed by atoms with Crippen molar-refractivity contribution in [3.63, 3.8) is 0 Å². The van der Waals surface area contributed by atoms with Crippen molar-refractivity contribution in [2.24, 2.45) is 0 Å². The Kier molecular flexibility index (Phi) is 14.0.